The lowest BCUT2D eigenvalue weighted by molar-refractivity contribution is -0.306. The van der Waals surface area contributed by atoms with Crippen LogP contribution in [0.1, 0.15) is 144 Å². The predicted octanol–water partition coefficient (Wildman–Crippen LogP) is 6.42. The number of methoxy groups -OCH3 is 1. The molecule has 10 nitrogen and oxygen atoms in total. The van der Waals surface area contributed by atoms with Crippen LogP contribution in [-0.2, 0) is 23.9 Å². The van der Waals surface area contributed by atoms with E-state index in [0.29, 0.717) is 62.7 Å². The van der Waals surface area contributed by atoms with Crippen LogP contribution in [0.3, 0.4) is 0 Å². The van der Waals surface area contributed by atoms with Crippen molar-refractivity contribution in [3.05, 3.63) is 23.3 Å². The van der Waals surface area contributed by atoms with Crippen LogP contribution in [0.5, 0.6) is 0 Å². The average molecular weight is 734 g/mol. The molecule has 52 heavy (non-hydrogen) atoms. The fraction of sp³-hybridized carbons (Fsp3) is 0.833. The van der Waals surface area contributed by atoms with Crippen LogP contribution in [0.2, 0.25) is 0 Å². The number of nitrogens with zero attached hydrogens (tertiary/aromatic N) is 1. The maximum Gasteiger partial charge on any atom is 0.228 e. The molecule has 0 radical (unpaired) electrons. The van der Waals surface area contributed by atoms with Gasteiger partial charge in [0.25, 0.3) is 0 Å². The summed E-state index contributed by atoms with van der Waals surface area (Å²) in [5.74, 6) is -1.33. The maximum absolute atomic E-state index is 13.4. The van der Waals surface area contributed by atoms with E-state index < -0.39 is 24.2 Å². The molecule has 1 saturated carbocycles. The number of aliphatic hydroxyl groups excluding tert-OH is 2. The van der Waals surface area contributed by atoms with E-state index >= 15 is 0 Å². The number of hydrogen-bond acceptors (Lipinski definition) is 9. The number of carbonyl (C=O) groups excluding carboxylic acids is 3. The minimum atomic E-state index is -1.67. The van der Waals surface area contributed by atoms with Gasteiger partial charge >= 0.3 is 0 Å². The monoisotopic (exact) mass is 734 g/mol. The molecule has 4 N–H and O–H groups in total. The molecule has 10 atom stereocenters. The highest BCUT2D eigenvalue weighted by Crippen LogP contribution is 2.39. The van der Waals surface area contributed by atoms with Gasteiger partial charge in [0.15, 0.2) is 17.9 Å². The van der Waals surface area contributed by atoms with Crippen molar-refractivity contribution in [2.45, 2.75) is 181 Å². The molecule has 3 aliphatic rings. The molecule has 3 unspecified atom stereocenters. The molecule has 1 aliphatic carbocycles. The summed E-state index contributed by atoms with van der Waals surface area (Å²) in [6.45, 7) is 13.0. The molecular weight excluding hydrogens is 662 g/mol. The minimum absolute atomic E-state index is 0.0568. The number of piperidine rings is 1. The van der Waals surface area contributed by atoms with Crippen molar-refractivity contribution in [3.63, 3.8) is 0 Å². The fourth-order valence-corrected chi connectivity index (χ4v) is 8.77. The molecule has 298 valence electrons. The predicted molar refractivity (Wildman–Crippen MR) is 202 cm³/mol. The zero-order valence-corrected chi connectivity index (χ0v) is 33.2. The van der Waals surface area contributed by atoms with Crippen molar-refractivity contribution in [1.82, 2.24) is 4.90 Å². The molecule has 3 rings (SSSR count). The van der Waals surface area contributed by atoms with Gasteiger partial charge in [-0.05, 0) is 109 Å². The first-order chi connectivity index (χ1) is 24.6. The number of amides is 1. The minimum Gasteiger partial charge on any atom is -0.385 e. The van der Waals surface area contributed by atoms with Crippen LogP contribution in [-0.4, -0.2) is 92.9 Å². The van der Waals surface area contributed by atoms with Crippen molar-refractivity contribution in [2.75, 3.05) is 13.7 Å². The van der Waals surface area contributed by atoms with E-state index in [9.17, 15) is 34.8 Å². The molecule has 2 heterocycles. The van der Waals surface area contributed by atoms with E-state index in [1.807, 2.05) is 6.92 Å². The Hall–Kier alpha value is -1.95. The molecule has 0 aromatic rings. The van der Waals surface area contributed by atoms with Crippen LogP contribution < -0.4 is 0 Å². The van der Waals surface area contributed by atoms with Crippen molar-refractivity contribution in [2.24, 2.45) is 29.6 Å². The van der Waals surface area contributed by atoms with Gasteiger partial charge in [-0.25, -0.2) is 0 Å². The molecule has 10 heteroatoms. The first-order valence-corrected chi connectivity index (χ1v) is 20.2. The Morgan fingerprint density at radius 1 is 1.04 bits per heavy atom. The van der Waals surface area contributed by atoms with Gasteiger partial charge in [-0.3, -0.25) is 14.4 Å². The molecule has 0 spiro atoms. The second-order valence-corrected chi connectivity index (χ2v) is 16.8. The van der Waals surface area contributed by atoms with Crippen molar-refractivity contribution in [1.29, 1.82) is 0 Å². The number of Topliss-reactive ketones (excluding diaryl/α,β-unsaturated/α-hetero) is 2. The molecule has 0 aromatic heterocycles. The number of ether oxygens (including phenoxy) is 2. The van der Waals surface area contributed by atoms with E-state index in [2.05, 4.69) is 46.8 Å². The number of likely N-dealkylation sites (tertiary alicyclic amines) is 1. The third-order valence-corrected chi connectivity index (χ3v) is 11.9. The Labute approximate surface area is 313 Å². The summed E-state index contributed by atoms with van der Waals surface area (Å²) in [5.41, 5.74) is 2.45. The summed E-state index contributed by atoms with van der Waals surface area (Å²) >= 11 is 0. The van der Waals surface area contributed by atoms with Crippen molar-refractivity contribution < 1.29 is 44.3 Å². The Morgan fingerprint density at radius 3 is 2.38 bits per heavy atom. The highest BCUT2D eigenvalue weighted by Gasteiger charge is 2.48. The highest BCUT2D eigenvalue weighted by atomic mass is 16.6. The van der Waals surface area contributed by atoms with Gasteiger partial charge in [-0.2, -0.15) is 0 Å². The van der Waals surface area contributed by atoms with E-state index in [4.69, 9.17) is 9.47 Å². The molecule has 1 amide bonds. The number of rotatable bonds is 19. The standard InChI is InChI=1S/C42H71NO9/c1-8-11-33(35(44)16-13-27(2)20-29(4)22-32-15-17-36(45)37(46)25-32)23-30(5)21-28(3)14-18-38-39(51-7)24-31(6)42(50,52-38)26-40(47)43-19-10-9-12-34(43)41(48)49/h22-23,27-28,31-34,36,38-39,41,45,48-50H,8-21,24-26H2,1-7H3/b29-22+,30-23+/t27-,28-,31-,32+,33-,34?,36?,38?,39+,42+/m1/s1. The lowest BCUT2D eigenvalue weighted by Crippen LogP contribution is -2.57. The van der Waals surface area contributed by atoms with Crippen molar-refractivity contribution >= 4 is 17.5 Å². The molecule has 0 aromatic carbocycles. The van der Waals surface area contributed by atoms with Gasteiger partial charge in [0, 0.05) is 38.3 Å². The normalized spacial score (nSPS) is 31.1. The largest absolute Gasteiger partial charge is 0.385 e. The van der Waals surface area contributed by atoms with Crippen LogP contribution in [0, 0.1) is 29.6 Å². The van der Waals surface area contributed by atoms with Crippen LogP contribution >= 0.6 is 0 Å². The summed E-state index contributed by atoms with van der Waals surface area (Å²) in [6, 6.07) is -0.672. The quantitative estimate of drug-likeness (QED) is 0.0871. The molecule has 0 bridgehead atoms. The molecular formula is C42H71NO9. The van der Waals surface area contributed by atoms with Crippen LogP contribution in [0.15, 0.2) is 23.3 Å². The fourth-order valence-electron chi connectivity index (χ4n) is 8.77. The Balaban J connectivity index is 1.51. The second kappa shape index (κ2) is 21.2. The Bertz CT molecular complexity index is 1220. The highest BCUT2D eigenvalue weighted by molar-refractivity contribution is 5.84. The molecule has 2 aliphatic heterocycles. The number of allylic oxidation sites excluding steroid dienone is 4. The second-order valence-electron chi connectivity index (χ2n) is 16.8. The smallest absolute Gasteiger partial charge is 0.228 e. The van der Waals surface area contributed by atoms with Gasteiger partial charge in [-0.15, -0.1) is 0 Å². The van der Waals surface area contributed by atoms with E-state index in [1.54, 1.807) is 7.11 Å². The summed E-state index contributed by atoms with van der Waals surface area (Å²) in [5, 5.41) is 41.1. The van der Waals surface area contributed by atoms with E-state index in [1.165, 1.54) is 16.0 Å². The lowest BCUT2D eigenvalue weighted by Gasteiger charge is -2.46. The van der Waals surface area contributed by atoms with Gasteiger partial charge < -0.3 is 34.8 Å². The van der Waals surface area contributed by atoms with Gasteiger partial charge in [-0.1, -0.05) is 57.4 Å². The first-order valence-electron chi connectivity index (χ1n) is 20.2. The molecule has 2 saturated heterocycles. The topological polar surface area (TPSA) is 154 Å². The third-order valence-electron chi connectivity index (χ3n) is 11.9. The summed E-state index contributed by atoms with van der Waals surface area (Å²) in [6.07, 6.45) is 11.9. The van der Waals surface area contributed by atoms with Gasteiger partial charge in [0.2, 0.25) is 5.91 Å². The number of carbonyl (C=O) groups is 3. The van der Waals surface area contributed by atoms with Crippen LogP contribution in [0.4, 0.5) is 0 Å². The number of ketones is 2. The SMILES string of the molecule is CCC[C@H](/C=C(\C)C[C@H](C)CCC1O[C@@](O)(CC(=O)N2CCCCC2C(O)O)[C@H](C)C[C@@H]1OC)C(=O)CC[C@@H](C)C/C(C)=C/[C@@H]1CCC(O)C(=O)C1. The number of aliphatic hydroxyl groups is 4. The van der Waals surface area contributed by atoms with E-state index in [0.717, 1.165) is 57.8 Å². The number of hydrogen-bond donors (Lipinski definition) is 4. The molecule has 3 fully saturated rings. The van der Waals surface area contributed by atoms with E-state index in [-0.39, 0.29) is 48.1 Å². The zero-order chi connectivity index (χ0) is 38.6. The Morgan fingerprint density at radius 2 is 1.73 bits per heavy atom. The summed E-state index contributed by atoms with van der Waals surface area (Å²) < 4.78 is 12.1. The van der Waals surface area contributed by atoms with Crippen LogP contribution in [0.25, 0.3) is 0 Å². The average Bonchev–Trinajstić information content (AvgIpc) is 3.08. The van der Waals surface area contributed by atoms with Gasteiger partial charge in [0.1, 0.15) is 11.9 Å². The van der Waals surface area contributed by atoms with Crippen molar-refractivity contribution in [3.8, 4) is 0 Å². The zero-order valence-electron chi connectivity index (χ0n) is 33.2. The third kappa shape index (κ3) is 13.4. The summed E-state index contributed by atoms with van der Waals surface area (Å²) in [4.78, 5) is 40.2. The lowest BCUT2D eigenvalue weighted by atomic mass is 9.83. The first kappa shape index (κ1) is 44.4. The van der Waals surface area contributed by atoms with Gasteiger partial charge in [0.05, 0.1) is 24.7 Å². The Kier molecular flexibility index (Phi) is 18.1. The maximum atomic E-state index is 13.4. The summed E-state index contributed by atoms with van der Waals surface area (Å²) in [7, 11) is 1.65.